The average Bonchev–Trinajstić information content (AvgIpc) is 3.06. The molecule has 0 spiro atoms. The van der Waals surface area contributed by atoms with Crippen LogP contribution in [-0.2, 0) is 5.75 Å². The van der Waals surface area contributed by atoms with Gasteiger partial charge in [0.05, 0.1) is 11.7 Å². The Morgan fingerprint density at radius 2 is 2.16 bits per heavy atom. The van der Waals surface area contributed by atoms with Gasteiger partial charge in [0.1, 0.15) is 0 Å². The molecule has 2 aromatic heterocycles. The fourth-order valence-corrected chi connectivity index (χ4v) is 3.95. The molecular formula is C12H17N5S2. The molecule has 0 amide bonds. The third-order valence-electron chi connectivity index (χ3n) is 3.38. The normalized spacial score (nSPS) is 16.8. The zero-order valence-corrected chi connectivity index (χ0v) is 12.3. The summed E-state index contributed by atoms with van der Waals surface area (Å²) in [5, 5.41) is 13.0. The minimum Gasteiger partial charge on any atom is -0.374 e. The quantitative estimate of drug-likeness (QED) is 0.878. The van der Waals surface area contributed by atoms with Gasteiger partial charge in [-0.2, -0.15) is 5.10 Å². The van der Waals surface area contributed by atoms with Crippen molar-refractivity contribution in [2.45, 2.75) is 48.2 Å². The Bertz CT molecular complexity index is 530. The summed E-state index contributed by atoms with van der Waals surface area (Å²) in [6.07, 6.45) is 8.68. The topological polar surface area (TPSA) is 69.6 Å². The fraction of sp³-hybridized carbons (Fsp3) is 0.583. The number of nitrogen functional groups attached to an aromatic ring is 1. The summed E-state index contributed by atoms with van der Waals surface area (Å²) in [6, 6.07) is 2.70. The molecule has 1 aliphatic carbocycles. The van der Waals surface area contributed by atoms with Crippen molar-refractivity contribution in [3.63, 3.8) is 0 Å². The monoisotopic (exact) mass is 295 g/mol. The van der Waals surface area contributed by atoms with Gasteiger partial charge in [-0.15, -0.1) is 10.2 Å². The van der Waals surface area contributed by atoms with Crippen molar-refractivity contribution in [1.29, 1.82) is 0 Å². The van der Waals surface area contributed by atoms with Crippen molar-refractivity contribution in [2.24, 2.45) is 0 Å². The third kappa shape index (κ3) is 3.27. The molecular weight excluding hydrogens is 278 g/mol. The van der Waals surface area contributed by atoms with Gasteiger partial charge in [0, 0.05) is 11.9 Å². The van der Waals surface area contributed by atoms with E-state index in [1.165, 1.54) is 43.4 Å². The highest BCUT2D eigenvalue weighted by Crippen LogP contribution is 2.29. The van der Waals surface area contributed by atoms with E-state index >= 15 is 0 Å². The van der Waals surface area contributed by atoms with Gasteiger partial charge in [0.25, 0.3) is 0 Å². The summed E-state index contributed by atoms with van der Waals surface area (Å²) >= 11 is 3.07. The number of hydrogen-bond donors (Lipinski definition) is 1. The van der Waals surface area contributed by atoms with Gasteiger partial charge in [-0.3, -0.25) is 4.68 Å². The molecule has 5 nitrogen and oxygen atoms in total. The van der Waals surface area contributed by atoms with Crippen LogP contribution in [0.15, 0.2) is 16.6 Å². The number of thioether (sulfide) groups is 1. The van der Waals surface area contributed by atoms with Crippen molar-refractivity contribution in [3.05, 3.63) is 18.0 Å². The van der Waals surface area contributed by atoms with Gasteiger partial charge in [0.15, 0.2) is 4.34 Å². The van der Waals surface area contributed by atoms with Gasteiger partial charge >= 0.3 is 0 Å². The van der Waals surface area contributed by atoms with E-state index < -0.39 is 0 Å². The minimum atomic E-state index is 0.523. The molecule has 0 unspecified atom stereocenters. The van der Waals surface area contributed by atoms with Crippen molar-refractivity contribution < 1.29 is 0 Å². The number of nitrogens with zero attached hydrogens (tertiary/aromatic N) is 4. The molecule has 0 aliphatic heterocycles. The van der Waals surface area contributed by atoms with E-state index in [0.29, 0.717) is 11.2 Å². The number of anilines is 1. The first-order valence-corrected chi connectivity index (χ1v) is 8.37. The maximum atomic E-state index is 5.56. The zero-order valence-electron chi connectivity index (χ0n) is 10.7. The van der Waals surface area contributed by atoms with Crippen LogP contribution in [0.3, 0.4) is 0 Å². The number of nitrogens with two attached hydrogens (primary N) is 1. The van der Waals surface area contributed by atoms with Crippen LogP contribution in [0, 0.1) is 0 Å². The van der Waals surface area contributed by atoms with Gasteiger partial charge in [0.2, 0.25) is 5.13 Å². The summed E-state index contributed by atoms with van der Waals surface area (Å²) in [5.74, 6) is 0.828. The van der Waals surface area contributed by atoms with E-state index in [0.717, 1.165) is 15.8 Å². The van der Waals surface area contributed by atoms with Gasteiger partial charge < -0.3 is 5.73 Å². The summed E-state index contributed by atoms with van der Waals surface area (Å²) in [7, 11) is 0. The molecule has 102 valence electrons. The predicted molar refractivity (Wildman–Crippen MR) is 78.2 cm³/mol. The van der Waals surface area contributed by atoms with Crippen LogP contribution < -0.4 is 5.73 Å². The minimum absolute atomic E-state index is 0.523. The predicted octanol–water partition coefficient (Wildman–Crippen LogP) is 3.11. The third-order valence-corrected chi connectivity index (χ3v) is 5.30. The molecule has 19 heavy (non-hydrogen) atoms. The molecule has 1 fully saturated rings. The maximum Gasteiger partial charge on any atom is 0.203 e. The molecule has 2 heterocycles. The Morgan fingerprint density at radius 3 is 2.89 bits per heavy atom. The molecule has 0 bridgehead atoms. The van der Waals surface area contributed by atoms with E-state index in [-0.39, 0.29) is 0 Å². The van der Waals surface area contributed by atoms with Crippen molar-refractivity contribution in [2.75, 3.05) is 5.73 Å². The highest BCUT2D eigenvalue weighted by molar-refractivity contribution is 8.00. The summed E-state index contributed by atoms with van der Waals surface area (Å²) in [5.41, 5.74) is 6.66. The molecule has 0 atom stereocenters. The second-order valence-electron chi connectivity index (χ2n) is 4.77. The molecule has 0 saturated heterocycles. The molecule has 3 rings (SSSR count). The molecule has 1 aliphatic rings. The summed E-state index contributed by atoms with van der Waals surface area (Å²) < 4.78 is 3.05. The molecule has 2 aromatic rings. The van der Waals surface area contributed by atoms with Gasteiger partial charge in [-0.05, 0) is 18.9 Å². The van der Waals surface area contributed by atoms with Gasteiger partial charge in [-0.1, -0.05) is 42.4 Å². The van der Waals surface area contributed by atoms with Crippen molar-refractivity contribution in [3.8, 4) is 0 Å². The van der Waals surface area contributed by atoms with Crippen LogP contribution in [-0.4, -0.2) is 20.0 Å². The largest absolute Gasteiger partial charge is 0.374 e. The lowest BCUT2D eigenvalue weighted by Gasteiger charge is -2.21. The molecule has 0 aromatic carbocycles. The Kier molecular flexibility index (Phi) is 4.03. The SMILES string of the molecule is Nc1nnc(SCc2ccn(C3CCCCC3)n2)s1. The first-order chi connectivity index (χ1) is 9.31. The van der Waals surface area contributed by atoms with Crippen LogP contribution in [0.1, 0.15) is 43.8 Å². The standard InChI is InChI=1S/C12H17N5S2/c13-11-14-15-12(19-11)18-8-9-6-7-17(16-9)10-4-2-1-3-5-10/h6-7,10H,1-5,8H2,(H2,13,14). The maximum absolute atomic E-state index is 5.56. The molecule has 0 radical (unpaired) electrons. The van der Waals surface area contributed by atoms with E-state index in [9.17, 15) is 0 Å². The van der Waals surface area contributed by atoms with E-state index in [1.807, 2.05) is 0 Å². The van der Waals surface area contributed by atoms with Crippen molar-refractivity contribution in [1.82, 2.24) is 20.0 Å². The first-order valence-electron chi connectivity index (χ1n) is 6.57. The fourth-order valence-electron chi connectivity index (χ4n) is 2.42. The lowest BCUT2D eigenvalue weighted by molar-refractivity contribution is 0.328. The zero-order chi connectivity index (χ0) is 13.1. The Balaban J connectivity index is 1.58. The number of rotatable bonds is 4. The van der Waals surface area contributed by atoms with E-state index in [1.54, 1.807) is 11.8 Å². The molecule has 2 N–H and O–H groups in total. The van der Waals surface area contributed by atoms with E-state index in [4.69, 9.17) is 5.73 Å². The first kappa shape index (κ1) is 12.9. The Morgan fingerprint density at radius 1 is 1.32 bits per heavy atom. The molecule has 1 saturated carbocycles. The average molecular weight is 295 g/mol. The van der Waals surface area contributed by atoms with Gasteiger partial charge in [-0.25, -0.2) is 0 Å². The Labute approximate surface area is 120 Å². The number of aromatic nitrogens is 4. The van der Waals surface area contributed by atoms with E-state index in [2.05, 4.69) is 32.2 Å². The van der Waals surface area contributed by atoms with Crippen LogP contribution in [0.25, 0.3) is 0 Å². The molecule has 7 heteroatoms. The second kappa shape index (κ2) is 5.92. The lowest BCUT2D eigenvalue weighted by atomic mass is 9.96. The smallest absolute Gasteiger partial charge is 0.203 e. The van der Waals surface area contributed by atoms with Crippen LogP contribution in [0.2, 0.25) is 0 Å². The second-order valence-corrected chi connectivity index (χ2v) is 7.01. The van der Waals surface area contributed by atoms with Crippen LogP contribution >= 0.6 is 23.1 Å². The Hall–Kier alpha value is -1.08. The lowest BCUT2D eigenvalue weighted by Crippen LogP contribution is -2.13. The van der Waals surface area contributed by atoms with Crippen LogP contribution in [0.5, 0.6) is 0 Å². The van der Waals surface area contributed by atoms with Crippen LogP contribution in [0.4, 0.5) is 5.13 Å². The highest BCUT2D eigenvalue weighted by Gasteiger charge is 2.16. The summed E-state index contributed by atoms with van der Waals surface area (Å²) in [4.78, 5) is 0. The summed E-state index contributed by atoms with van der Waals surface area (Å²) in [6.45, 7) is 0. The number of hydrogen-bond acceptors (Lipinski definition) is 6. The highest BCUT2D eigenvalue weighted by atomic mass is 32.2. The van der Waals surface area contributed by atoms with Crippen molar-refractivity contribution >= 4 is 28.2 Å².